The van der Waals surface area contributed by atoms with Crippen molar-refractivity contribution in [3.8, 4) is 11.3 Å². The molecular weight excluding hydrogens is 378 g/mol. The first-order valence-corrected chi connectivity index (χ1v) is 10.3. The lowest BCUT2D eigenvalue weighted by Crippen LogP contribution is -2.26. The molecule has 1 aromatic heterocycles. The molecule has 0 spiro atoms. The van der Waals surface area contributed by atoms with Crippen LogP contribution in [0.15, 0.2) is 90.0 Å². The van der Waals surface area contributed by atoms with Gasteiger partial charge in [-0.2, -0.15) is 0 Å². The number of aromatic nitrogens is 2. The molecule has 1 atom stereocenters. The van der Waals surface area contributed by atoms with E-state index in [9.17, 15) is 4.79 Å². The van der Waals surface area contributed by atoms with E-state index in [2.05, 4.69) is 16.3 Å². The van der Waals surface area contributed by atoms with E-state index in [4.69, 9.17) is 0 Å². The van der Waals surface area contributed by atoms with Crippen LogP contribution in [-0.4, -0.2) is 35.1 Å². The number of hydrogen-bond donors (Lipinski definition) is 0. The van der Waals surface area contributed by atoms with Gasteiger partial charge in [-0.1, -0.05) is 96.7 Å². The molecule has 1 amide bonds. The van der Waals surface area contributed by atoms with Crippen molar-refractivity contribution in [3.05, 3.63) is 90.5 Å². The average molecular weight is 400 g/mol. The number of rotatable bonds is 5. The summed E-state index contributed by atoms with van der Waals surface area (Å²) in [6.07, 6.45) is 0. The molecule has 5 heteroatoms. The van der Waals surface area contributed by atoms with E-state index in [1.165, 1.54) is 11.8 Å². The average Bonchev–Trinajstić information content (AvgIpc) is 2.78. The van der Waals surface area contributed by atoms with Gasteiger partial charge in [0.05, 0.1) is 0 Å². The number of hydrogen-bond acceptors (Lipinski definition) is 4. The van der Waals surface area contributed by atoms with Crippen LogP contribution in [0.1, 0.15) is 10.8 Å². The lowest BCUT2D eigenvalue weighted by atomic mass is 10.1. The Kier molecular flexibility index (Phi) is 5.58. The molecule has 1 heterocycles. The van der Waals surface area contributed by atoms with Crippen molar-refractivity contribution < 1.29 is 4.79 Å². The minimum absolute atomic E-state index is 0.0271. The van der Waals surface area contributed by atoms with Gasteiger partial charge in [0, 0.05) is 30.4 Å². The number of benzene rings is 3. The second kappa shape index (κ2) is 8.45. The number of thioether (sulfide) groups is 1. The third-order valence-electron chi connectivity index (χ3n) is 4.70. The normalized spacial score (nSPS) is 11.9. The van der Waals surface area contributed by atoms with Crippen molar-refractivity contribution in [2.45, 2.75) is 10.3 Å². The molecule has 0 aliphatic carbocycles. The van der Waals surface area contributed by atoms with E-state index in [0.717, 1.165) is 32.6 Å². The van der Waals surface area contributed by atoms with Gasteiger partial charge in [0.15, 0.2) is 0 Å². The van der Waals surface area contributed by atoms with Crippen LogP contribution in [-0.2, 0) is 4.79 Å². The zero-order valence-electron chi connectivity index (χ0n) is 16.3. The van der Waals surface area contributed by atoms with Crippen LogP contribution in [0.25, 0.3) is 22.0 Å². The summed E-state index contributed by atoms with van der Waals surface area (Å²) in [5, 5.41) is 11.5. The highest BCUT2D eigenvalue weighted by Gasteiger charge is 2.25. The molecule has 4 aromatic rings. The third-order valence-corrected chi connectivity index (χ3v) is 5.93. The molecule has 0 N–H and O–H groups in total. The Labute approximate surface area is 174 Å². The van der Waals surface area contributed by atoms with Crippen molar-refractivity contribution in [2.75, 3.05) is 14.1 Å². The molecule has 4 nitrogen and oxygen atoms in total. The molecule has 0 aliphatic heterocycles. The molecule has 0 aliphatic rings. The SMILES string of the molecule is CN(C)C(=O)C(Sc1nnc(-c2ccccc2)c2ccccc12)c1ccccc1. The molecule has 1 unspecified atom stereocenters. The standard InChI is InChI=1S/C24H21N3OS/c1-27(2)24(28)22(18-13-7-4-8-14-18)29-23-20-16-10-9-15-19(20)21(25-26-23)17-11-5-3-6-12-17/h3-16,22H,1-2H3. The highest BCUT2D eigenvalue weighted by molar-refractivity contribution is 8.00. The summed E-state index contributed by atoms with van der Waals surface area (Å²) in [7, 11) is 3.56. The maximum absolute atomic E-state index is 12.9. The van der Waals surface area contributed by atoms with Crippen LogP contribution < -0.4 is 0 Å². The van der Waals surface area contributed by atoms with Crippen LogP contribution in [0.3, 0.4) is 0 Å². The predicted octanol–water partition coefficient (Wildman–Crippen LogP) is 5.22. The van der Waals surface area contributed by atoms with Gasteiger partial charge < -0.3 is 4.90 Å². The first-order chi connectivity index (χ1) is 14.1. The zero-order chi connectivity index (χ0) is 20.2. The summed E-state index contributed by atoms with van der Waals surface area (Å²) < 4.78 is 0. The Balaban J connectivity index is 1.80. The Morgan fingerprint density at radius 1 is 0.793 bits per heavy atom. The van der Waals surface area contributed by atoms with Crippen molar-refractivity contribution in [3.63, 3.8) is 0 Å². The molecule has 0 saturated heterocycles. The molecule has 0 bridgehead atoms. The Bertz CT molecular complexity index is 1130. The third kappa shape index (κ3) is 4.00. The number of nitrogens with zero attached hydrogens (tertiary/aromatic N) is 3. The molecule has 4 rings (SSSR count). The van der Waals surface area contributed by atoms with Crippen molar-refractivity contribution in [2.24, 2.45) is 0 Å². The van der Waals surface area contributed by atoms with Gasteiger partial charge in [-0.3, -0.25) is 4.79 Å². The largest absolute Gasteiger partial charge is 0.348 e. The van der Waals surface area contributed by atoms with Crippen molar-refractivity contribution >= 4 is 28.4 Å². The lowest BCUT2D eigenvalue weighted by molar-refractivity contribution is -0.128. The highest BCUT2D eigenvalue weighted by atomic mass is 32.2. The van der Waals surface area contributed by atoms with E-state index in [1.807, 2.05) is 78.9 Å². The van der Waals surface area contributed by atoms with Gasteiger partial charge in [-0.25, -0.2) is 0 Å². The minimum atomic E-state index is -0.383. The van der Waals surface area contributed by atoms with Crippen molar-refractivity contribution in [1.82, 2.24) is 15.1 Å². The minimum Gasteiger partial charge on any atom is -0.348 e. The Morgan fingerprint density at radius 2 is 1.38 bits per heavy atom. The van der Waals surface area contributed by atoms with Gasteiger partial charge in [0.1, 0.15) is 16.0 Å². The smallest absolute Gasteiger partial charge is 0.240 e. The fourth-order valence-electron chi connectivity index (χ4n) is 3.21. The lowest BCUT2D eigenvalue weighted by Gasteiger charge is -2.21. The first kappa shape index (κ1) is 19.2. The highest BCUT2D eigenvalue weighted by Crippen LogP contribution is 2.39. The van der Waals surface area contributed by atoms with Crippen LogP contribution >= 0.6 is 11.8 Å². The summed E-state index contributed by atoms with van der Waals surface area (Å²) in [4.78, 5) is 14.6. The Morgan fingerprint density at radius 3 is 2.03 bits per heavy atom. The monoisotopic (exact) mass is 399 g/mol. The number of amides is 1. The van der Waals surface area contributed by atoms with Crippen LogP contribution in [0.5, 0.6) is 0 Å². The van der Waals surface area contributed by atoms with E-state index in [-0.39, 0.29) is 11.2 Å². The maximum Gasteiger partial charge on any atom is 0.240 e. The van der Waals surface area contributed by atoms with Gasteiger partial charge >= 0.3 is 0 Å². The van der Waals surface area contributed by atoms with Crippen LogP contribution in [0, 0.1) is 0 Å². The number of fused-ring (bicyclic) bond motifs is 1. The fraction of sp³-hybridized carbons (Fsp3) is 0.125. The molecule has 0 radical (unpaired) electrons. The summed E-state index contributed by atoms with van der Waals surface area (Å²) in [5.74, 6) is 0.0271. The van der Waals surface area contributed by atoms with Gasteiger partial charge in [-0.05, 0) is 5.56 Å². The number of carbonyl (C=O) groups is 1. The van der Waals surface area contributed by atoms with E-state index >= 15 is 0 Å². The van der Waals surface area contributed by atoms with Gasteiger partial charge in [-0.15, -0.1) is 10.2 Å². The first-order valence-electron chi connectivity index (χ1n) is 9.39. The zero-order valence-corrected chi connectivity index (χ0v) is 17.1. The van der Waals surface area contributed by atoms with Crippen LogP contribution in [0.4, 0.5) is 0 Å². The second-order valence-corrected chi connectivity index (χ2v) is 8.00. The Hall–Kier alpha value is -3.18. The molecule has 29 heavy (non-hydrogen) atoms. The second-order valence-electron chi connectivity index (χ2n) is 6.91. The topological polar surface area (TPSA) is 46.1 Å². The quantitative estimate of drug-likeness (QED) is 0.432. The molecular formula is C24H21N3OS. The summed E-state index contributed by atoms with van der Waals surface area (Å²) in [6, 6.07) is 28.0. The van der Waals surface area contributed by atoms with E-state index < -0.39 is 0 Å². The maximum atomic E-state index is 12.9. The molecule has 0 saturated carbocycles. The predicted molar refractivity (Wildman–Crippen MR) is 119 cm³/mol. The fourth-order valence-corrected chi connectivity index (χ4v) is 4.43. The summed E-state index contributed by atoms with van der Waals surface area (Å²) in [5.41, 5.74) is 2.83. The van der Waals surface area contributed by atoms with E-state index in [1.54, 1.807) is 19.0 Å². The van der Waals surface area contributed by atoms with Crippen molar-refractivity contribution in [1.29, 1.82) is 0 Å². The summed E-state index contributed by atoms with van der Waals surface area (Å²) >= 11 is 1.45. The van der Waals surface area contributed by atoms with E-state index in [0.29, 0.717) is 0 Å². The number of likely N-dealkylation sites (N-methyl/N-ethyl adjacent to an activating group) is 1. The van der Waals surface area contributed by atoms with Gasteiger partial charge in [0.2, 0.25) is 5.91 Å². The summed E-state index contributed by atoms with van der Waals surface area (Å²) in [6.45, 7) is 0. The van der Waals surface area contributed by atoms with Gasteiger partial charge in [0.25, 0.3) is 0 Å². The molecule has 0 fully saturated rings. The molecule has 3 aromatic carbocycles. The number of carbonyl (C=O) groups excluding carboxylic acids is 1. The van der Waals surface area contributed by atoms with Crippen LogP contribution in [0.2, 0.25) is 0 Å². The molecule has 144 valence electrons.